The number of amides is 1. The second-order valence-corrected chi connectivity index (χ2v) is 7.11. The number of fused-ring (bicyclic) bond motifs is 1. The monoisotopic (exact) mass is 428 g/mol. The number of para-hydroxylation sites is 1. The Morgan fingerprint density at radius 3 is 2.66 bits per heavy atom. The Hall–Kier alpha value is -4.40. The number of imidazole rings is 1. The Balaban J connectivity index is 1.30. The molecule has 5 rings (SSSR count). The predicted octanol–water partition coefficient (Wildman–Crippen LogP) is 3.74. The maximum Gasteiger partial charge on any atom is 0.259 e. The summed E-state index contributed by atoms with van der Waals surface area (Å²) in [5.41, 5.74) is 1.92. The molecule has 1 amide bonds. The van der Waals surface area contributed by atoms with E-state index in [0.717, 1.165) is 11.5 Å². The van der Waals surface area contributed by atoms with Gasteiger partial charge >= 0.3 is 0 Å². The molecule has 32 heavy (non-hydrogen) atoms. The molecule has 3 heterocycles. The van der Waals surface area contributed by atoms with Gasteiger partial charge in [-0.15, -0.1) is 0 Å². The van der Waals surface area contributed by atoms with E-state index in [0.29, 0.717) is 47.6 Å². The molecule has 0 atom stereocenters. The molecule has 2 aromatic carbocycles. The maximum atomic E-state index is 12.8. The summed E-state index contributed by atoms with van der Waals surface area (Å²) in [5.74, 6) is 2.82. The minimum atomic E-state index is -0.260. The summed E-state index contributed by atoms with van der Waals surface area (Å²) in [4.78, 5) is 25.7. The van der Waals surface area contributed by atoms with Gasteiger partial charge in [0.05, 0.1) is 5.56 Å². The lowest BCUT2D eigenvalue weighted by atomic mass is 10.1. The quantitative estimate of drug-likeness (QED) is 0.499. The second kappa shape index (κ2) is 8.38. The number of ether oxygens (including phenoxy) is 2. The van der Waals surface area contributed by atoms with Crippen molar-refractivity contribution in [3.05, 3.63) is 78.6 Å². The van der Waals surface area contributed by atoms with Crippen LogP contribution < -0.4 is 20.1 Å². The van der Waals surface area contributed by atoms with Crippen LogP contribution in [0.2, 0.25) is 0 Å². The SMILES string of the molecule is Cc1nc(Nc2ccc(NC(=O)c3cccc4c3OCCO4)cc2)cc(-n2ccnc2)n1. The highest BCUT2D eigenvalue weighted by Crippen LogP contribution is 2.34. The van der Waals surface area contributed by atoms with E-state index in [1.54, 1.807) is 30.7 Å². The predicted molar refractivity (Wildman–Crippen MR) is 119 cm³/mol. The third kappa shape index (κ3) is 4.08. The average molecular weight is 428 g/mol. The van der Waals surface area contributed by atoms with E-state index >= 15 is 0 Å². The highest BCUT2D eigenvalue weighted by molar-refractivity contribution is 6.06. The van der Waals surface area contributed by atoms with E-state index in [1.807, 2.05) is 48.0 Å². The molecule has 0 saturated carbocycles. The van der Waals surface area contributed by atoms with Gasteiger partial charge in [-0.1, -0.05) is 6.07 Å². The van der Waals surface area contributed by atoms with E-state index in [4.69, 9.17) is 9.47 Å². The number of hydrogen-bond acceptors (Lipinski definition) is 7. The zero-order valence-corrected chi connectivity index (χ0v) is 17.3. The van der Waals surface area contributed by atoms with Crippen molar-refractivity contribution in [2.45, 2.75) is 6.92 Å². The molecule has 4 aromatic rings. The van der Waals surface area contributed by atoms with Crippen LogP contribution in [0.25, 0.3) is 5.82 Å². The van der Waals surface area contributed by atoms with Crippen LogP contribution in [-0.4, -0.2) is 38.6 Å². The van der Waals surface area contributed by atoms with Crippen LogP contribution in [0, 0.1) is 6.92 Å². The largest absolute Gasteiger partial charge is 0.486 e. The minimum Gasteiger partial charge on any atom is -0.486 e. The molecule has 0 aliphatic carbocycles. The molecule has 1 aliphatic rings. The Morgan fingerprint density at radius 2 is 1.84 bits per heavy atom. The first-order valence-electron chi connectivity index (χ1n) is 10.1. The molecule has 1 aliphatic heterocycles. The van der Waals surface area contributed by atoms with E-state index in [2.05, 4.69) is 25.6 Å². The Labute approximate surface area is 184 Å². The van der Waals surface area contributed by atoms with Gasteiger partial charge in [0.1, 0.15) is 37.0 Å². The van der Waals surface area contributed by atoms with Gasteiger partial charge in [0.25, 0.3) is 5.91 Å². The third-order valence-electron chi connectivity index (χ3n) is 4.82. The standard InChI is InChI=1S/C23H20N6O3/c1-15-25-20(13-21(26-15)29-10-9-24-14-29)27-16-5-7-17(8-6-16)28-23(30)18-3-2-4-19-22(18)32-12-11-31-19/h2-10,13-14H,11-12H2,1H3,(H,28,30)(H,25,26,27). The van der Waals surface area contributed by atoms with E-state index in [-0.39, 0.29) is 5.91 Å². The Bertz CT molecular complexity index is 1260. The fourth-order valence-electron chi connectivity index (χ4n) is 3.38. The molecule has 0 fully saturated rings. The van der Waals surface area contributed by atoms with Crippen LogP contribution in [-0.2, 0) is 0 Å². The second-order valence-electron chi connectivity index (χ2n) is 7.11. The first kappa shape index (κ1) is 19.6. The number of anilines is 3. The molecule has 0 saturated heterocycles. The fourth-order valence-corrected chi connectivity index (χ4v) is 3.38. The van der Waals surface area contributed by atoms with Crippen molar-refractivity contribution in [2.24, 2.45) is 0 Å². The van der Waals surface area contributed by atoms with Gasteiger partial charge in [-0.2, -0.15) is 0 Å². The van der Waals surface area contributed by atoms with Gasteiger partial charge < -0.3 is 20.1 Å². The highest BCUT2D eigenvalue weighted by atomic mass is 16.6. The number of nitrogens with one attached hydrogen (secondary N) is 2. The van der Waals surface area contributed by atoms with Gasteiger partial charge in [-0.3, -0.25) is 9.36 Å². The summed E-state index contributed by atoms with van der Waals surface area (Å²) < 4.78 is 13.0. The Kier molecular flexibility index (Phi) is 5.12. The fraction of sp³-hybridized carbons (Fsp3) is 0.130. The molecule has 9 nitrogen and oxygen atoms in total. The zero-order chi connectivity index (χ0) is 21.9. The van der Waals surface area contributed by atoms with E-state index in [1.165, 1.54) is 0 Å². The van der Waals surface area contributed by atoms with Crippen LogP contribution in [0.4, 0.5) is 17.2 Å². The van der Waals surface area contributed by atoms with Crippen molar-refractivity contribution in [2.75, 3.05) is 23.8 Å². The molecule has 0 unspecified atom stereocenters. The molecule has 160 valence electrons. The third-order valence-corrected chi connectivity index (χ3v) is 4.82. The first-order valence-corrected chi connectivity index (χ1v) is 10.1. The molecule has 0 spiro atoms. The number of carbonyl (C=O) groups excluding carboxylic acids is 1. The van der Waals surface area contributed by atoms with Gasteiger partial charge in [-0.25, -0.2) is 15.0 Å². The summed E-state index contributed by atoms with van der Waals surface area (Å²) in [7, 11) is 0. The molecule has 9 heteroatoms. The van der Waals surface area contributed by atoms with E-state index in [9.17, 15) is 4.79 Å². The number of nitrogens with zero attached hydrogens (tertiary/aromatic N) is 4. The lowest BCUT2D eigenvalue weighted by Crippen LogP contribution is -2.20. The first-order chi connectivity index (χ1) is 15.7. The van der Waals surface area contributed by atoms with Gasteiger partial charge in [0, 0.05) is 29.8 Å². The number of aromatic nitrogens is 4. The summed E-state index contributed by atoms with van der Waals surface area (Å²) in [6.07, 6.45) is 5.20. The number of carbonyl (C=O) groups is 1. The summed E-state index contributed by atoms with van der Waals surface area (Å²) in [5, 5.41) is 6.16. The van der Waals surface area contributed by atoms with Crippen molar-refractivity contribution in [1.82, 2.24) is 19.5 Å². The van der Waals surface area contributed by atoms with Crippen LogP contribution in [0.5, 0.6) is 11.5 Å². The highest BCUT2D eigenvalue weighted by Gasteiger charge is 2.20. The number of hydrogen-bond donors (Lipinski definition) is 2. The van der Waals surface area contributed by atoms with Crippen LogP contribution in [0.1, 0.15) is 16.2 Å². The number of benzene rings is 2. The maximum absolute atomic E-state index is 12.8. The molecule has 2 N–H and O–H groups in total. The average Bonchev–Trinajstić information content (AvgIpc) is 3.35. The normalized spacial score (nSPS) is 12.3. The molecular formula is C23H20N6O3. The summed E-state index contributed by atoms with van der Waals surface area (Å²) in [6, 6.07) is 14.5. The van der Waals surface area contributed by atoms with E-state index < -0.39 is 0 Å². The van der Waals surface area contributed by atoms with Crippen LogP contribution in [0.3, 0.4) is 0 Å². The lowest BCUT2D eigenvalue weighted by molar-refractivity contribution is 0.101. The van der Waals surface area contributed by atoms with Crippen molar-refractivity contribution < 1.29 is 14.3 Å². The van der Waals surface area contributed by atoms with Crippen LogP contribution >= 0.6 is 0 Å². The summed E-state index contributed by atoms with van der Waals surface area (Å²) in [6.45, 7) is 2.73. The van der Waals surface area contributed by atoms with Crippen molar-refractivity contribution in [3.8, 4) is 17.3 Å². The lowest BCUT2D eigenvalue weighted by Gasteiger charge is -2.20. The van der Waals surface area contributed by atoms with Gasteiger partial charge in [-0.05, 0) is 43.3 Å². The van der Waals surface area contributed by atoms with Crippen molar-refractivity contribution in [1.29, 1.82) is 0 Å². The number of aryl methyl sites for hydroxylation is 1. The van der Waals surface area contributed by atoms with Crippen molar-refractivity contribution >= 4 is 23.1 Å². The Morgan fingerprint density at radius 1 is 1.03 bits per heavy atom. The minimum absolute atomic E-state index is 0.260. The zero-order valence-electron chi connectivity index (χ0n) is 17.3. The van der Waals surface area contributed by atoms with Gasteiger partial charge in [0.2, 0.25) is 0 Å². The molecule has 2 aromatic heterocycles. The smallest absolute Gasteiger partial charge is 0.259 e. The molecular weight excluding hydrogens is 408 g/mol. The van der Waals surface area contributed by atoms with Gasteiger partial charge in [0.15, 0.2) is 11.5 Å². The summed E-state index contributed by atoms with van der Waals surface area (Å²) >= 11 is 0. The molecule has 0 bridgehead atoms. The van der Waals surface area contributed by atoms with Crippen LogP contribution in [0.15, 0.2) is 67.3 Å². The topological polar surface area (TPSA) is 103 Å². The number of rotatable bonds is 5. The molecule has 0 radical (unpaired) electrons. The van der Waals surface area contributed by atoms with Crippen molar-refractivity contribution in [3.63, 3.8) is 0 Å².